The first-order valence-electron chi connectivity index (χ1n) is 5.43. The summed E-state index contributed by atoms with van der Waals surface area (Å²) in [4.78, 5) is 12.6. The van der Waals surface area contributed by atoms with Crippen molar-refractivity contribution in [3.05, 3.63) is 59.9 Å². The summed E-state index contributed by atoms with van der Waals surface area (Å²) in [6.07, 6.45) is 9.51. The van der Waals surface area contributed by atoms with Gasteiger partial charge in [0.25, 0.3) is 0 Å². The Hall–Kier alpha value is -1.83. The van der Waals surface area contributed by atoms with Gasteiger partial charge in [-0.15, -0.1) is 0 Å². The fraction of sp³-hybridized carbons (Fsp3) is 0.214. The quantitative estimate of drug-likeness (QED) is 0.764. The Morgan fingerprint density at radius 3 is 2.81 bits per heavy atom. The second-order valence-electron chi connectivity index (χ2n) is 3.82. The van der Waals surface area contributed by atoms with Gasteiger partial charge < -0.3 is 4.90 Å². The van der Waals surface area contributed by atoms with Crippen LogP contribution in [0.15, 0.2) is 54.4 Å². The maximum atomic E-state index is 10.5. The first-order chi connectivity index (χ1) is 7.88. The standard InChI is InChI=1S/C14H14NO/c16-12-14-7-4-9-15(11-14)10-8-13-5-2-1-3-6-13/h1-6,9,11H,7-8,10H2. The van der Waals surface area contributed by atoms with Crippen LogP contribution in [0.25, 0.3) is 0 Å². The van der Waals surface area contributed by atoms with E-state index in [1.54, 1.807) is 0 Å². The third-order valence-electron chi connectivity index (χ3n) is 2.59. The molecule has 1 aliphatic heterocycles. The normalized spacial score (nSPS) is 14.8. The Kier molecular flexibility index (Phi) is 3.54. The van der Waals surface area contributed by atoms with E-state index in [9.17, 15) is 4.79 Å². The van der Waals surface area contributed by atoms with E-state index in [4.69, 9.17) is 0 Å². The van der Waals surface area contributed by atoms with Gasteiger partial charge in [-0.3, -0.25) is 4.79 Å². The lowest BCUT2D eigenvalue weighted by atomic mass is 10.1. The number of carbonyl (C=O) groups excluding carboxylic acids is 1. The highest BCUT2D eigenvalue weighted by Crippen LogP contribution is 2.10. The van der Waals surface area contributed by atoms with Gasteiger partial charge in [0.15, 0.2) is 0 Å². The molecule has 1 heterocycles. The molecule has 1 radical (unpaired) electrons. The number of hydrogen-bond acceptors (Lipinski definition) is 2. The fourth-order valence-electron chi connectivity index (χ4n) is 1.72. The first kappa shape index (κ1) is 10.7. The second-order valence-corrected chi connectivity index (χ2v) is 3.82. The van der Waals surface area contributed by atoms with Crippen LogP contribution in [0.1, 0.15) is 12.0 Å². The highest BCUT2D eigenvalue weighted by Gasteiger charge is 2.04. The van der Waals surface area contributed by atoms with Crippen LogP contribution in [0.2, 0.25) is 0 Å². The van der Waals surface area contributed by atoms with Crippen molar-refractivity contribution in [2.24, 2.45) is 0 Å². The van der Waals surface area contributed by atoms with E-state index in [1.807, 2.05) is 47.9 Å². The molecule has 0 N–H and O–H groups in total. The molecule has 1 aromatic carbocycles. The number of rotatable bonds is 4. The van der Waals surface area contributed by atoms with E-state index in [-0.39, 0.29) is 0 Å². The summed E-state index contributed by atoms with van der Waals surface area (Å²) in [5, 5.41) is 0. The molecule has 0 saturated carbocycles. The van der Waals surface area contributed by atoms with Crippen LogP contribution < -0.4 is 0 Å². The lowest BCUT2D eigenvalue weighted by Gasteiger charge is -2.19. The minimum atomic E-state index is 0.700. The minimum absolute atomic E-state index is 0.700. The lowest BCUT2D eigenvalue weighted by Crippen LogP contribution is -2.16. The average Bonchev–Trinajstić information content (AvgIpc) is 2.38. The van der Waals surface area contributed by atoms with E-state index in [1.165, 1.54) is 5.56 Å². The van der Waals surface area contributed by atoms with Gasteiger partial charge in [0.1, 0.15) is 0 Å². The molecule has 16 heavy (non-hydrogen) atoms. The maximum absolute atomic E-state index is 10.5. The van der Waals surface area contributed by atoms with Gasteiger partial charge in [0, 0.05) is 18.3 Å². The largest absolute Gasteiger partial charge is 0.354 e. The van der Waals surface area contributed by atoms with E-state index in [0.717, 1.165) is 18.5 Å². The molecule has 2 nitrogen and oxygen atoms in total. The summed E-state index contributed by atoms with van der Waals surface area (Å²) in [5.41, 5.74) is 2.03. The van der Waals surface area contributed by atoms with Gasteiger partial charge in [0.05, 0.1) is 0 Å². The van der Waals surface area contributed by atoms with Gasteiger partial charge in [-0.1, -0.05) is 36.4 Å². The van der Waals surface area contributed by atoms with Gasteiger partial charge in [0.2, 0.25) is 6.29 Å². The molecule has 0 saturated heterocycles. The van der Waals surface area contributed by atoms with Crippen molar-refractivity contribution in [3.8, 4) is 0 Å². The fourth-order valence-corrected chi connectivity index (χ4v) is 1.72. The summed E-state index contributed by atoms with van der Waals surface area (Å²) >= 11 is 0. The molecule has 2 rings (SSSR count). The molecule has 0 aromatic heterocycles. The van der Waals surface area contributed by atoms with Crippen molar-refractivity contribution in [3.63, 3.8) is 0 Å². The zero-order valence-electron chi connectivity index (χ0n) is 9.10. The molecule has 2 heteroatoms. The van der Waals surface area contributed by atoms with Crippen molar-refractivity contribution < 1.29 is 4.79 Å². The number of allylic oxidation sites excluding steroid dienone is 2. The van der Waals surface area contributed by atoms with Crippen molar-refractivity contribution in [1.82, 2.24) is 4.90 Å². The Bertz CT molecular complexity index is 406. The highest BCUT2D eigenvalue weighted by atomic mass is 16.1. The maximum Gasteiger partial charge on any atom is 0.231 e. The summed E-state index contributed by atoms with van der Waals surface area (Å²) in [6.45, 7) is 0.895. The summed E-state index contributed by atoms with van der Waals surface area (Å²) in [7, 11) is 0. The Balaban J connectivity index is 1.91. The first-order valence-corrected chi connectivity index (χ1v) is 5.43. The van der Waals surface area contributed by atoms with Crippen molar-refractivity contribution in [2.75, 3.05) is 6.54 Å². The molecule has 0 bridgehead atoms. The van der Waals surface area contributed by atoms with Crippen LogP contribution >= 0.6 is 0 Å². The van der Waals surface area contributed by atoms with Crippen LogP contribution in [-0.2, 0) is 11.2 Å². The van der Waals surface area contributed by atoms with Crippen molar-refractivity contribution >= 4 is 6.29 Å². The van der Waals surface area contributed by atoms with Crippen LogP contribution in [0, 0.1) is 0 Å². The van der Waals surface area contributed by atoms with Gasteiger partial charge in [-0.05, 0) is 24.6 Å². The van der Waals surface area contributed by atoms with Gasteiger partial charge >= 0.3 is 0 Å². The van der Waals surface area contributed by atoms with Crippen LogP contribution in [0.3, 0.4) is 0 Å². The van der Waals surface area contributed by atoms with Crippen LogP contribution in [-0.4, -0.2) is 17.7 Å². The molecule has 0 aliphatic carbocycles. The molecule has 1 aromatic rings. The van der Waals surface area contributed by atoms with Crippen molar-refractivity contribution in [1.29, 1.82) is 0 Å². The van der Waals surface area contributed by atoms with Crippen LogP contribution in [0.5, 0.6) is 0 Å². The Morgan fingerprint density at radius 1 is 1.25 bits per heavy atom. The van der Waals surface area contributed by atoms with E-state index < -0.39 is 0 Å². The summed E-state index contributed by atoms with van der Waals surface area (Å²) in [6, 6.07) is 10.3. The SMILES string of the molecule is O=[C]C1=CN(CCc2ccccc2)C=CC1. The van der Waals surface area contributed by atoms with E-state index >= 15 is 0 Å². The second kappa shape index (κ2) is 5.31. The molecule has 0 amide bonds. The lowest BCUT2D eigenvalue weighted by molar-refractivity contribution is 0.495. The van der Waals surface area contributed by atoms with Crippen molar-refractivity contribution in [2.45, 2.75) is 12.8 Å². The molecule has 1 aliphatic rings. The average molecular weight is 212 g/mol. The monoisotopic (exact) mass is 212 g/mol. The zero-order chi connectivity index (χ0) is 11.2. The predicted molar refractivity (Wildman–Crippen MR) is 64.4 cm³/mol. The zero-order valence-corrected chi connectivity index (χ0v) is 9.10. The topological polar surface area (TPSA) is 20.3 Å². The highest BCUT2D eigenvalue weighted by molar-refractivity contribution is 5.74. The number of hydrogen-bond donors (Lipinski definition) is 0. The molecule has 0 spiro atoms. The van der Waals surface area contributed by atoms with Gasteiger partial charge in [-0.2, -0.15) is 0 Å². The summed E-state index contributed by atoms with van der Waals surface area (Å²) < 4.78 is 0. The molecular weight excluding hydrogens is 198 g/mol. The van der Waals surface area contributed by atoms with E-state index in [2.05, 4.69) is 12.1 Å². The summed E-state index contributed by atoms with van der Waals surface area (Å²) in [5.74, 6) is 0. The van der Waals surface area contributed by atoms with E-state index in [0.29, 0.717) is 6.42 Å². The number of nitrogens with zero attached hydrogens (tertiary/aromatic N) is 1. The minimum Gasteiger partial charge on any atom is -0.354 e. The predicted octanol–water partition coefficient (Wildman–Crippen LogP) is 2.44. The van der Waals surface area contributed by atoms with Gasteiger partial charge in [-0.25, -0.2) is 0 Å². The number of benzene rings is 1. The Labute approximate surface area is 95.9 Å². The molecule has 81 valence electrons. The third kappa shape index (κ3) is 2.83. The smallest absolute Gasteiger partial charge is 0.231 e. The Morgan fingerprint density at radius 2 is 2.06 bits per heavy atom. The third-order valence-corrected chi connectivity index (χ3v) is 2.59. The molecule has 0 fully saturated rings. The van der Waals surface area contributed by atoms with Crippen LogP contribution in [0.4, 0.5) is 0 Å². The molecule has 0 atom stereocenters. The molecule has 0 unspecified atom stereocenters. The molecular formula is C14H14NO.